The van der Waals surface area contributed by atoms with Crippen LogP contribution in [0.5, 0.6) is 0 Å². The van der Waals surface area contributed by atoms with Gasteiger partial charge in [0.1, 0.15) is 0 Å². The van der Waals surface area contributed by atoms with E-state index in [2.05, 4.69) is 54.6 Å². The summed E-state index contributed by atoms with van der Waals surface area (Å²) in [5.41, 5.74) is 7.02. The number of benzene rings is 4. The summed E-state index contributed by atoms with van der Waals surface area (Å²) in [6, 6.07) is 20.1. The molecule has 0 bridgehead atoms. The van der Waals surface area contributed by atoms with Gasteiger partial charge in [0.25, 0.3) is 0 Å². The van der Waals surface area contributed by atoms with Gasteiger partial charge in [0, 0.05) is 0 Å². The molecule has 98 valence electrons. The number of hydrogen-bond acceptors (Lipinski definition) is 1. The van der Waals surface area contributed by atoms with E-state index in [0.717, 1.165) is 19.4 Å². The van der Waals surface area contributed by atoms with Crippen molar-refractivity contribution < 1.29 is 0 Å². The number of hydrogen-bond donors (Lipinski definition) is 1. The molecule has 0 aliphatic heterocycles. The fourth-order valence-corrected chi connectivity index (χ4v) is 3.27. The van der Waals surface area contributed by atoms with Crippen LogP contribution in [0.3, 0.4) is 0 Å². The molecule has 0 aliphatic rings. The van der Waals surface area contributed by atoms with Crippen molar-refractivity contribution in [3.63, 3.8) is 0 Å². The van der Waals surface area contributed by atoms with Crippen molar-refractivity contribution in [1.29, 1.82) is 0 Å². The third kappa shape index (κ3) is 1.67. The van der Waals surface area contributed by atoms with Gasteiger partial charge in [-0.05, 0) is 57.3 Å². The van der Waals surface area contributed by atoms with Crippen molar-refractivity contribution in [3.05, 3.63) is 60.2 Å². The summed E-state index contributed by atoms with van der Waals surface area (Å²) in [4.78, 5) is 0. The molecule has 0 fully saturated rings. The molecule has 0 heterocycles. The van der Waals surface area contributed by atoms with E-state index in [9.17, 15) is 0 Å². The molecule has 0 amide bonds. The summed E-state index contributed by atoms with van der Waals surface area (Å²) in [7, 11) is 0. The lowest BCUT2D eigenvalue weighted by molar-refractivity contribution is 0.834. The van der Waals surface area contributed by atoms with E-state index in [4.69, 9.17) is 5.73 Å². The average molecular weight is 259 g/mol. The zero-order valence-electron chi connectivity index (χ0n) is 11.4. The van der Waals surface area contributed by atoms with Crippen molar-refractivity contribution in [2.75, 3.05) is 6.54 Å². The number of aryl methyl sites for hydroxylation is 1. The van der Waals surface area contributed by atoms with Crippen LogP contribution in [0, 0.1) is 0 Å². The molecule has 2 N–H and O–H groups in total. The first-order valence-corrected chi connectivity index (χ1v) is 7.23. The minimum absolute atomic E-state index is 0.755. The van der Waals surface area contributed by atoms with Crippen LogP contribution >= 0.6 is 0 Å². The van der Waals surface area contributed by atoms with Crippen LogP contribution in [0.4, 0.5) is 0 Å². The van der Waals surface area contributed by atoms with E-state index in [1.807, 2.05) is 0 Å². The molecule has 0 radical (unpaired) electrons. The maximum absolute atomic E-state index is 5.63. The highest BCUT2D eigenvalue weighted by Gasteiger charge is 2.08. The highest BCUT2D eigenvalue weighted by Crippen LogP contribution is 2.35. The maximum Gasteiger partial charge on any atom is -0.00266 e. The Kier molecular flexibility index (Phi) is 2.61. The van der Waals surface area contributed by atoms with Gasteiger partial charge in [-0.25, -0.2) is 0 Å². The molecule has 0 saturated heterocycles. The molecule has 0 atom stereocenters. The first-order chi connectivity index (χ1) is 9.86. The lowest BCUT2D eigenvalue weighted by Gasteiger charge is -2.12. The van der Waals surface area contributed by atoms with Gasteiger partial charge in [0.15, 0.2) is 0 Å². The molecule has 4 aromatic carbocycles. The van der Waals surface area contributed by atoms with Crippen LogP contribution < -0.4 is 5.73 Å². The lowest BCUT2D eigenvalue weighted by atomic mass is 9.92. The van der Waals surface area contributed by atoms with Gasteiger partial charge in [0.2, 0.25) is 0 Å². The standard InChI is InChI=1S/C19H17N/c20-10-2-3-13-11-16-8-6-14-4-1-5-15-7-9-17(12-13)19(16)18(14)15/h1,4-9,11-12H,2-3,10,20H2. The molecule has 0 aromatic heterocycles. The Bertz CT molecular complexity index is 828. The highest BCUT2D eigenvalue weighted by molar-refractivity contribution is 6.23. The second kappa shape index (κ2) is 4.46. The molecular weight excluding hydrogens is 242 g/mol. The molecule has 1 nitrogen and oxygen atoms in total. The summed E-state index contributed by atoms with van der Waals surface area (Å²) < 4.78 is 0. The van der Waals surface area contributed by atoms with Crippen LogP contribution in [-0.2, 0) is 6.42 Å². The molecule has 4 rings (SSSR count). The average Bonchev–Trinajstić information content (AvgIpc) is 2.50. The van der Waals surface area contributed by atoms with Crippen LogP contribution in [-0.4, -0.2) is 6.54 Å². The number of nitrogens with two attached hydrogens (primary N) is 1. The Morgan fingerprint density at radius 3 is 1.85 bits per heavy atom. The molecule has 1 heteroatoms. The van der Waals surface area contributed by atoms with Crippen LogP contribution in [0.25, 0.3) is 32.3 Å². The zero-order chi connectivity index (χ0) is 13.5. The third-order valence-corrected chi connectivity index (χ3v) is 4.19. The highest BCUT2D eigenvalue weighted by atomic mass is 14.5. The van der Waals surface area contributed by atoms with E-state index < -0.39 is 0 Å². The second-order valence-electron chi connectivity index (χ2n) is 5.52. The largest absolute Gasteiger partial charge is 0.330 e. The minimum atomic E-state index is 0.755. The fraction of sp³-hybridized carbons (Fsp3) is 0.158. The molecule has 0 aliphatic carbocycles. The van der Waals surface area contributed by atoms with Gasteiger partial charge in [-0.1, -0.05) is 54.6 Å². The Morgan fingerprint density at radius 1 is 0.700 bits per heavy atom. The first kappa shape index (κ1) is 11.7. The van der Waals surface area contributed by atoms with Crippen molar-refractivity contribution in [3.8, 4) is 0 Å². The molecular formula is C19H17N. The third-order valence-electron chi connectivity index (χ3n) is 4.19. The van der Waals surface area contributed by atoms with Crippen LogP contribution in [0.15, 0.2) is 54.6 Å². The number of rotatable bonds is 3. The van der Waals surface area contributed by atoms with Gasteiger partial charge in [-0.15, -0.1) is 0 Å². The Hall–Kier alpha value is -2.12. The van der Waals surface area contributed by atoms with E-state index in [1.165, 1.54) is 37.9 Å². The monoisotopic (exact) mass is 259 g/mol. The summed E-state index contributed by atoms with van der Waals surface area (Å²) in [5.74, 6) is 0. The Morgan fingerprint density at radius 2 is 1.25 bits per heavy atom. The summed E-state index contributed by atoms with van der Waals surface area (Å²) >= 11 is 0. The Labute approximate surface area is 118 Å². The van der Waals surface area contributed by atoms with Crippen molar-refractivity contribution in [2.45, 2.75) is 12.8 Å². The Balaban J connectivity index is 2.08. The van der Waals surface area contributed by atoms with Crippen LogP contribution in [0.2, 0.25) is 0 Å². The predicted octanol–water partition coefficient (Wildman–Crippen LogP) is 4.48. The van der Waals surface area contributed by atoms with Crippen molar-refractivity contribution >= 4 is 32.3 Å². The molecule has 20 heavy (non-hydrogen) atoms. The quantitative estimate of drug-likeness (QED) is 0.539. The van der Waals surface area contributed by atoms with Gasteiger partial charge in [-0.3, -0.25) is 0 Å². The predicted molar refractivity (Wildman–Crippen MR) is 87.5 cm³/mol. The zero-order valence-corrected chi connectivity index (χ0v) is 11.4. The van der Waals surface area contributed by atoms with E-state index in [1.54, 1.807) is 0 Å². The van der Waals surface area contributed by atoms with Gasteiger partial charge < -0.3 is 5.73 Å². The lowest BCUT2D eigenvalue weighted by Crippen LogP contribution is -2.00. The second-order valence-corrected chi connectivity index (χ2v) is 5.52. The molecule has 0 spiro atoms. The van der Waals surface area contributed by atoms with E-state index in [-0.39, 0.29) is 0 Å². The fourth-order valence-electron chi connectivity index (χ4n) is 3.27. The molecule has 4 aromatic rings. The van der Waals surface area contributed by atoms with Gasteiger partial charge >= 0.3 is 0 Å². The van der Waals surface area contributed by atoms with E-state index in [0.29, 0.717) is 0 Å². The van der Waals surface area contributed by atoms with Crippen molar-refractivity contribution in [2.24, 2.45) is 5.73 Å². The molecule has 0 saturated carbocycles. The minimum Gasteiger partial charge on any atom is -0.330 e. The smallest absolute Gasteiger partial charge is 0.00266 e. The summed E-state index contributed by atoms with van der Waals surface area (Å²) in [6.45, 7) is 0.755. The topological polar surface area (TPSA) is 26.0 Å². The van der Waals surface area contributed by atoms with Gasteiger partial charge in [0.05, 0.1) is 0 Å². The maximum atomic E-state index is 5.63. The van der Waals surface area contributed by atoms with Gasteiger partial charge in [-0.2, -0.15) is 0 Å². The SMILES string of the molecule is NCCCc1cc2ccc3cccc4ccc(c1)c2c34. The molecule has 0 unspecified atom stereocenters. The summed E-state index contributed by atoms with van der Waals surface area (Å²) in [6.07, 6.45) is 2.11. The summed E-state index contributed by atoms with van der Waals surface area (Å²) in [5, 5.41) is 8.15. The first-order valence-electron chi connectivity index (χ1n) is 7.23. The van der Waals surface area contributed by atoms with E-state index >= 15 is 0 Å². The van der Waals surface area contributed by atoms with Crippen molar-refractivity contribution in [1.82, 2.24) is 0 Å². The van der Waals surface area contributed by atoms with Crippen LogP contribution in [0.1, 0.15) is 12.0 Å². The normalized spacial score (nSPS) is 11.8.